The van der Waals surface area contributed by atoms with E-state index in [-0.39, 0.29) is 24.6 Å². The standard InChI is InChI=1S/C18H19F2NO2/c19-15-8-4-9-16(20)14(15)12-18(23)21-17(10-5-11-22)13-6-2-1-3-7-13/h1-4,6-9,17,22H,5,10-12H2,(H,21,23). The number of nitrogens with one attached hydrogen (secondary N) is 1. The van der Waals surface area contributed by atoms with Crippen LogP contribution in [0.5, 0.6) is 0 Å². The summed E-state index contributed by atoms with van der Waals surface area (Å²) in [5, 5.41) is 11.8. The van der Waals surface area contributed by atoms with Gasteiger partial charge >= 0.3 is 0 Å². The minimum absolute atomic E-state index is 0.0150. The van der Waals surface area contributed by atoms with Gasteiger partial charge in [-0.3, -0.25) is 4.79 Å². The third-order valence-corrected chi connectivity index (χ3v) is 3.59. The zero-order valence-electron chi connectivity index (χ0n) is 12.6. The predicted octanol–water partition coefficient (Wildman–Crippen LogP) is 3.14. The number of rotatable bonds is 7. The van der Waals surface area contributed by atoms with E-state index in [1.807, 2.05) is 30.3 Å². The Kier molecular flexibility index (Phi) is 6.23. The second kappa shape index (κ2) is 8.39. The fourth-order valence-electron chi connectivity index (χ4n) is 2.41. The Morgan fingerprint density at radius 2 is 1.70 bits per heavy atom. The number of amides is 1. The molecule has 0 aromatic heterocycles. The molecule has 1 amide bonds. The van der Waals surface area contributed by atoms with Crippen LogP contribution in [0.3, 0.4) is 0 Å². The lowest BCUT2D eigenvalue weighted by Crippen LogP contribution is -2.30. The third kappa shape index (κ3) is 4.86. The van der Waals surface area contributed by atoms with Crippen LogP contribution in [0.15, 0.2) is 48.5 Å². The van der Waals surface area contributed by atoms with Crippen LogP contribution in [-0.2, 0) is 11.2 Å². The molecule has 0 aliphatic heterocycles. The van der Waals surface area contributed by atoms with Gasteiger partial charge in [-0.05, 0) is 30.5 Å². The molecular weight excluding hydrogens is 300 g/mol. The number of carbonyl (C=O) groups excluding carboxylic acids is 1. The van der Waals surface area contributed by atoms with Crippen LogP contribution in [0.4, 0.5) is 8.78 Å². The number of aliphatic hydroxyl groups is 1. The molecule has 122 valence electrons. The minimum Gasteiger partial charge on any atom is -0.396 e. The monoisotopic (exact) mass is 319 g/mol. The molecule has 23 heavy (non-hydrogen) atoms. The smallest absolute Gasteiger partial charge is 0.225 e. The van der Waals surface area contributed by atoms with Gasteiger partial charge < -0.3 is 10.4 Å². The Hall–Kier alpha value is -2.27. The van der Waals surface area contributed by atoms with Crippen molar-refractivity contribution in [3.63, 3.8) is 0 Å². The molecule has 0 aliphatic rings. The first-order chi connectivity index (χ1) is 11.1. The lowest BCUT2D eigenvalue weighted by Gasteiger charge is -2.19. The van der Waals surface area contributed by atoms with E-state index in [1.54, 1.807) is 0 Å². The van der Waals surface area contributed by atoms with Gasteiger partial charge in [0, 0.05) is 12.2 Å². The first kappa shape index (κ1) is 17.1. The molecule has 0 heterocycles. The van der Waals surface area contributed by atoms with Gasteiger partial charge in [0.2, 0.25) is 5.91 Å². The second-order valence-electron chi connectivity index (χ2n) is 5.27. The molecule has 0 radical (unpaired) electrons. The zero-order valence-corrected chi connectivity index (χ0v) is 12.6. The highest BCUT2D eigenvalue weighted by Crippen LogP contribution is 2.19. The molecule has 0 saturated heterocycles. The van der Waals surface area contributed by atoms with E-state index in [9.17, 15) is 13.6 Å². The molecule has 2 aromatic carbocycles. The van der Waals surface area contributed by atoms with Crippen molar-refractivity contribution < 1.29 is 18.7 Å². The predicted molar refractivity (Wildman–Crippen MR) is 83.7 cm³/mol. The second-order valence-corrected chi connectivity index (χ2v) is 5.27. The quantitative estimate of drug-likeness (QED) is 0.824. The summed E-state index contributed by atoms with van der Waals surface area (Å²) in [5.41, 5.74) is 0.655. The Balaban J connectivity index is 2.08. The Morgan fingerprint density at radius 1 is 1.04 bits per heavy atom. The van der Waals surface area contributed by atoms with Crippen molar-refractivity contribution in [3.8, 4) is 0 Å². The first-order valence-corrected chi connectivity index (χ1v) is 7.50. The van der Waals surface area contributed by atoms with Crippen LogP contribution in [0.2, 0.25) is 0 Å². The molecule has 0 saturated carbocycles. The van der Waals surface area contributed by atoms with Crippen molar-refractivity contribution in [2.24, 2.45) is 0 Å². The number of carbonyl (C=O) groups is 1. The molecule has 0 aliphatic carbocycles. The number of hydrogen-bond acceptors (Lipinski definition) is 2. The number of hydrogen-bond donors (Lipinski definition) is 2. The summed E-state index contributed by atoms with van der Waals surface area (Å²) < 4.78 is 27.2. The van der Waals surface area contributed by atoms with Gasteiger partial charge in [-0.15, -0.1) is 0 Å². The summed E-state index contributed by atoms with van der Waals surface area (Å²) in [7, 11) is 0. The highest BCUT2D eigenvalue weighted by molar-refractivity contribution is 5.79. The van der Waals surface area contributed by atoms with Crippen molar-refractivity contribution in [2.45, 2.75) is 25.3 Å². The average molecular weight is 319 g/mol. The van der Waals surface area contributed by atoms with Crippen molar-refractivity contribution in [2.75, 3.05) is 6.61 Å². The van der Waals surface area contributed by atoms with Crippen LogP contribution < -0.4 is 5.32 Å². The lowest BCUT2D eigenvalue weighted by molar-refractivity contribution is -0.121. The van der Waals surface area contributed by atoms with E-state index in [4.69, 9.17) is 5.11 Å². The molecule has 1 unspecified atom stereocenters. The van der Waals surface area contributed by atoms with Gasteiger partial charge in [0.25, 0.3) is 0 Å². The van der Waals surface area contributed by atoms with Crippen LogP contribution in [0.25, 0.3) is 0 Å². The molecule has 0 spiro atoms. The molecule has 1 atom stereocenters. The van der Waals surface area contributed by atoms with Gasteiger partial charge in [-0.1, -0.05) is 36.4 Å². The maximum atomic E-state index is 13.6. The van der Waals surface area contributed by atoms with Crippen molar-refractivity contribution in [3.05, 3.63) is 71.3 Å². The molecule has 2 aromatic rings. The number of benzene rings is 2. The van der Waals surface area contributed by atoms with E-state index in [0.717, 1.165) is 17.7 Å². The van der Waals surface area contributed by atoms with E-state index in [1.165, 1.54) is 6.07 Å². The largest absolute Gasteiger partial charge is 0.396 e. The van der Waals surface area contributed by atoms with Gasteiger partial charge in [-0.2, -0.15) is 0 Å². The minimum atomic E-state index is -0.730. The molecule has 3 nitrogen and oxygen atoms in total. The fourth-order valence-corrected chi connectivity index (χ4v) is 2.41. The Morgan fingerprint density at radius 3 is 2.30 bits per heavy atom. The van der Waals surface area contributed by atoms with E-state index in [0.29, 0.717) is 12.8 Å². The summed E-state index contributed by atoms with van der Waals surface area (Å²) >= 11 is 0. The fraction of sp³-hybridized carbons (Fsp3) is 0.278. The van der Waals surface area contributed by atoms with Crippen molar-refractivity contribution >= 4 is 5.91 Å². The summed E-state index contributed by atoms with van der Waals surface area (Å²) in [6.45, 7) is 0.0150. The van der Waals surface area contributed by atoms with E-state index < -0.39 is 17.5 Å². The van der Waals surface area contributed by atoms with Crippen LogP contribution in [0.1, 0.15) is 30.0 Å². The number of aliphatic hydroxyl groups excluding tert-OH is 1. The topological polar surface area (TPSA) is 49.3 Å². The zero-order chi connectivity index (χ0) is 16.7. The number of halogens is 2. The normalized spacial score (nSPS) is 12.0. The molecule has 2 N–H and O–H groups in total. The Bertz CT molecular complexity index is 626. The summed E-state index contributed by atoms with van der Waals surface area (Å²) in [4.78, 5) is 12.2. The van der Waals surface area contributed by atoms with E-state index in [2.05, 4.69) is 5.32 Å². The summed E-state index contributed by atoms with van der Waals surface area (Å²) in [5.74, 6) is -1.92. The maximum absolute atomic E-state index is 13.6. The SMILES string of the molecule is O=C(Cc1c(F)cccc1F)NC(CCCO)c1ccccc1. The maximum Gasteiger partial charge on any atom is 0.225 e. The molecular formula is C18H19F2NO2. The highest BCUT2D eigenvalue weighted by Gasteiger charge is 2.17. The highest BCUT2D eigenvalue weighted by atomic mass is 19.1. The lowest BCUT2D eigenvalue weighted by atomic mass is 10.0. The van der Waals surface area contributed by atoms with Crippen molar-refractivity contribution in [1.82, 2.24) is 5.32 Å². The Labute approximate surface area is 134 Å². The van der Waals surface area contributed by atoms with Crippen LogP contribution in [0, 0.1) is 11.6 Å². The van der Waals surface area contributed by atoms with Gasteiger partial charge in [0.05, 0.1) is 12.5 Å². The molecule has 0 bridgehead atoms. The summed E-state index contributed by atoms with van der Waals surface area (Å²) in [6, 6.07) is 12.5. The third-order valence-electron chi connectivity index (χ3n) is 3.59. The van der Waals surface area contributed by atoms with Gasteiger partial charge in [-0.25, -0.2) is 8.78 Å². The molecule has 2 rings (SSSR count). The van der Waals surface area contributed by atoms with Crippen molar-refractivity contribution in [1.29, 1.82) is 0 Å². The van der Waals surface area contributed by atoms with E-state index >= 15 is 0 Å². The average Bonchev–Trinajstić information content (AvgIpc) is 2.56. The van der Waals surface area contributed by atoms with Crippen LogP contribution in [-0.4, -0.2) is 17.6 Å². The molecule has 5 heteroatoms. The molecule has 0 fully saturated rings. The van der Waals surface area contributed by atoms with Crippen LogP contribution >= 0.6 is 0 Å². The van der Waals surface area contributed by atoms with Gasteiger partial charge in [0.1, 0.15) is 11.6 Å². The van der Waals surface area contributed by atoms with Gasteiger partial charge in [0.15, 0.2) is 0 Å². The first-order valence-electron chi connectivity index (χ1n) is 7.50. The summed E-state index contributed by atoms with van der Waals surface area (Å²) in [6.07, 6.45) is 0.709.